The monoisotopic (exact) mass is 250 g/mol. The highest BCUT2D eigenvalue weighted by Crippen LogP contribution is 2.14. The van der Waals surface area contributed by atoms with Crippen LogP contribution in [0.3, 0.4) is 0 Å². The van der Waals surface area contributed by atoms with Gasteiger partial charge in [0.1, 0.15) is 0 Å². The lowest BCUT2D eigenvalue weighted by molar-refractivity contribution is -0.0530. The van der Waals surface area contributed by atoms with E-state index in [0.717, 1.165) is 25.4 Å². The number of aromatic nitrogens is 1. The molecule has 5 heteroatoms. The topological polar surface area (TPSA) is 62.7 Å². The van der Waals surface area contributed by atoms with Crippen LogP contribution in [0.1, 0.15) is 29.9 Å². The largest absolute Gasteiger partial charge is 0.478 e. The van der Waals surface area contributed by atoms with Crippen molar-refractivity contribution in [3.63, 3.8) is 0 Å². The van der Waals surface area contributed by atoms with E-state index in [1.165, 1.54) is 6.20 Å². The lowest BCUT2D eigenvalue weighted by Crippen LogP contribution is -2.46. The number of ether oxygens (including phenoxy) is 1. The van der Waals surface area contributed by atoms with Gasteiger partial charge in [0.2, 0.25) is 0 Å². The maximum absolute atomic E-state index is 10.7. The number of aromatic carboxylic acids is 1. The third-order valence-electron chi connectivity index (χ3n) is 3.17. The number of hydrogen-bond acceptors (Lipinski definition) is 4. The summed E-state index contributed by atoms with van der Waals surface area (Å²) in [6.45, 7) is 6.52. The Balaban J connectivity index is 2.02. The first-order valence-corrected chi connectivity index (χ1v) is 6.10. The molecule has 2 heterocycles. The molecule has 1 fully saturated rings. The van der Waals surface area contributed by atoms with E-state index in [0.29, 0.717) is 6.04 Å². The van der Waals surface area contributed by atoms with Crippen LogP contribution in [0.2, 0.25) is 0 Å². The van der Waals surface area contributed by atoms with Gasteiger partial charge in [0.05, 0.1) is 24.0 Å². The molecule has 0 spiro atoms. The molecule has 0 aliphatic carbocycles. The smallest absolute Gasteiger partial charge is 0.337 e. The Hall–Kier alpha value is -1.46. The molecule has 5 nitrogen and oxygen atoms in total. The summed E-state index contributed by atoms with van der Waals surface area (Å²) in [5.74, 6) is -0.942. The van der Waals surface area contributed by atoms with Gasteiger partial charge in [0, 0.05) is 25.3 Å². The molecule has 1 aliphatic heterocycles. The molecular weight excluding hydrogens is 232 g/mol. The van der Waals surface area contributed by atoms with E-state index in [1.807, 2.05) is 0 Å². The minimum absolute atomic E-state index is 0.224. The summed E-state index contributed by atoms with van der Waals surface area (Å²) in [7, 11) is 0. The van der Waals surface area contributed by atoms with Crippen molar-refractivity contribution in [3.8, 4) is 0 Å². The number of hydrogen-bond donors (Lipinski definition) is 1. The number of carboxylic acid groups (broad SMARTS) is 1. The van der Waals surface area contributed by atoms with Gasteiger partial charge in [-0.15, -0.1) is 0 Å². The number of morpholine rings is 1. The van der Waals surface area contributed by atoms with Crippen molar-refractivity contribution in [1.29, 1.82) is 0 Å². The van der Waals surface area contributed by atoms with Gasteiger partial charge in [-0.1, -0.05) is 0 Å². The maximum Gasteiger partial charge on any atom is 0.337 e. The average molecular weight is 250 g/mol. The first-order chi connectivity index (χ1) is 8.56. The fourth-order valence-electron chi connectivity index (χ4n) is 2.04. The van der Waals surface area contributed by atoms with E-state index in [-0.39, 0.29) is 11.7 Å². The second-order valence-corrected chi connectivity index (χ2v) is 4.77. The van der Waals surface area contributed by atoms with Crippen molar-refractivity contribution in [2.24, 2.45) is 0 Å². The Morgan fingerprint density at radius 3 is 2.94 bits per heavy atom. The van der Waals surface area contributed by atoms with Crippen LogP contribution < -0.4 is 0 Å². The highest BCUT2D eigenvalue weighted by atomic mass is 16.5. The van der Waals surface area contributed by atoms with Crippen LogP contribution >= 0.6 is 0 Å². The van der Waals surface area contributed by atoms with Crippen LogP contribution in [0, 0.1) is 0 Å². The molecule has 1 aliphatic rings. The van der Waals surface area contributed by atoms with Gasteiger partial charge in [0.15, 0.2) is 0 Å². The maximum atomic E-state index is 10.7. The van der Waals surface area contributed by atoms with Crippen molar-refractivity contribution in [2.45, 2.75) is 32.5 Å². The summed E-state index contributed by atoms with van der Waals surface area (Å²) < 4.78 is 5.57. The van der Waals surface area contributed by atoms with Crippen LogP contribution in [0.5, 0.6) is 0 Å². The van der Waals surface area contributed by atoms with Gasteiger partial charge < -0.3 is 9.84 Å². The Kier molecular flexibility index (Phi) is 3.93. The lowest BCUT2D eigenvalue weighted by atomic mass is 10.2. The van der Waals surface area contributed by atoms with Crippen molar-refractivity contribution in [1.82, 2.24) is 9.88 Å². The molecule has 0 amide bonds. The molecule has 0 aromatic carbocycles. The van der Waals surface area contributed by atoms with Crippen molar-refractivity contribution >= 4 is 5.97 Å². The Bertz CT molecular complexity index is 419. The van der Waals surface area contributed by atoms with Crippen LogP contribution in [0.15, 0.2) is 18.3 Å². The van der Waals surface area contributed by atoms with Gasteiger partial charge in [-0.2, -0.15) is 0 Å². The molecule has 0 saturated carbocycles. The van der Waals surface area contributed by atoms with Crippen LogP contribution in [-0.4, -0.2) is 46.3 Å². The zero-order valence-electron chi connectivity index (χ0n) is 10.7. The van der Waals surface area contributed by atoms with Gasteiger partial charge in [-0.25, -0.2) is 4.79 Å². The van der Waals surface area contributed by atoms with Crippen molar-refractivity contribution < 1.29 is 14.6 Å². The number of carbonyl (C=O) groups is 1. The fraction of sp³-hybridized carbons (Fsp3) is 0.538. The minimum Gasteiger partial charge on any atom is -0.478 e. The Morgan fingerprint density at radius 2 is 2.33 bits per heavy atom. The molecule has 2 rings (SSSR count). The standard InChI is InChI=1S/C13H18N2O3/c1-9-8-18-10(2)6-15(9)7-12-4-3-11(5-14-12)13(16)17/h3-5,9-10H,6-8H2,1-2H3,(H,16,17). The molecule has 0 radical (unpaired) electrons. The van der Waals surface area contributed by atoms with E-state index < -0.39 is 5.97 Å². The highest BCUT2D eigenvalue weighted by molar-refractivity contribution is 5.87. The molecule has 18 heavy (non-hydrogen) atoms. The Morgan fingerprint density at radius 1 is 1.56 bits per heavy atom. The first kappa shape index (κ1) is 13.0. The molecule has 1 saturated heterocycles. The number of nitrogens with zero attached hydrogens (tertiary/aromatic N) is 2. The third-order valence-corrected chi connectivity index (χ3v) is 3.17. The zero-order chi connectivity index (χ0) is 13.1. The SMILES string of the molecule is CC1CN(Cc2ccc(C(=O)O)cn2)C(C)CO1. The summed E-state index contributed by atoms with van der Waals surface area (Å²) in [4.78, 5) is 17.2. The quantitative estimate of drug-likeness (QED) is 0.878. The van der Waals surface area contributed by atoms with E-state index in [1.54, 1.807) is 12.1 Å². The van der Waals surface area contributed by atoms with Crippen molar-refractivity contribution in [2.75, 3.05) is 13.2 Å². The molecule has 1 aromatic rings. The molecule has 1 N–H and O–H groups in total. The second-order valence-electron chi connectivity index (χ2n) is 4.77. The third kappa shape index (κ3) is 3.05. The summed E-state index contributed by atoms with van der Waals surface area (Å²) in [5.41, 5.74) is 1.11. The zero-order valence-corrected chi connectivity index (χ0v) is 10.7. The van der Waals surface area contributed by atoms with Gasteiger partial charge in [0.25, 0.3) is 0 Å². The molecule has 1 aromatic heterocycles. The van der Waals surface area contributed by atoms with Crippen LogP contribution in [0.4, 0.5) is 0 Å². The number of carboxylic acids is 1. The number of pyridine rings is 1. The molecule has 98 valence electrons. The fourth-order valence-corrected chi connectivity index (χ4v) is 2.04. The summed E-state index contributed by atoms with van der Waals surface area (Å²) in [6, 6.07) is 3.73. The van der Waals surface area contributed by atoms with E-state index in [9.17, 15) is 4.79 Å². The van der Waals surface area contributed by atoms with Crippen molar-refractivity contribution in [3.05, 3.63) is 29.6 Å². The van der Waals surface area contributed by atoms with Crippen LogP contribution in [0.25, 0.3) is 0 Å². The van der Waals surface area contributed by atoms with E-state index >= 15 is 0 Å². The predicted molar refractivity (Wildman–Crippen MR) is 66.5 cm³/mol. The second kappa shape index (κ2) is 5.46. The Labute approximate surface area is 106 Å². The normalized spacial score (nSPS) is 25.0. The molecule has 2 unspecified atom stereocenters. The average Bonchev–Trinajstić information content (AvgIpc) is 2.34. The lowest BCUT2D eigenvalue weighted by Gasteiger charge is -2.36. The molecular formula is C13H18N2O3. The molecule has 2 atom stereocenters. The van der Waals surface area contributed by atoms with Gasteiger partial charge in [-0.3, -0.25) is 9.88 Å². The predicted octanol–water partition coefficient (Wildman–Crippen LogP) is 1.39. The summed E-state index contributed by atoms with van der Waals surface area (Å²) in [6.07, 6.45) is 1.64. The summed E-state index contributed by atoms with van der Waals surface area (Å²) in [5, 5.41) is 8.81. The summed E-state index contributed by atoms with van der Waals surface area (Å²) >= 11 is 0. The number of rotatable bonds is 3. The first-order valence-electron chi connectivity index (χ1n) is 6.10. The highest BCUT2D eigenvalue weighted by Gasteiger charge is 2.23. The molecule has 0 bridgehead atoms. The van der Waals surface area contributed by atoms with E-state index in [4.69, 9.17) is 9.84 Å². The van der Waals surface area contributed by atoms with Gasteiger partial charge in [-0.05, 0) is 26.0 Å². The van der Waals surface area contributed by atoms with E-state index in [2.05, 4.69) is 23.7 Å². The van der Waals surface area contributed by atoms with Gasteiger partial charge >= 0.3 is 5.97 Å². The minimum atomic E-state index is -0.942. The van der Waals surface area contributed by atoms with Crippen LogP contribution in [-0.2, 0) is 11.3 Å².